The molecule has 0 amide bonds. The van der Waals surface area contributed by atoms with Crippen molar-refractivity contribution < 1.29 is 28.2 Å². The smallest absolute Gasteiger partial charge is 0.339 e. The topological polar surface area (TPSA) is 104 Å². The lowest BCUT2D eigenvalue weighted by Crippen LogP contribution is -2.37. The van der Waals surface area contributed by atoms with E-state index < -0.39 is 22.0 Å². The fraction of sp³-hybridized carbons (Fsp3) is 0.417. The monoisotopic (exact) mass is 303 g/mol. The first-order chi connectivity index (χ1) is 9.25. The van der Waals surface area contributed by atoms with E-state index in [2.05, 4.69) is 0 Å². The zero-order chi connectivity index (χ0) is 15.5. The number of methoxy groups -OCH3 is 1. The largest absolute Gasteiger partial charge is 0.496 e. The van der Waals surface area contributed by atoms with Gasteiger partial charge in [-0.1, -0.05) is 0 Å². The second kappa shape index (κ2) is 6.21. The maximum Gasteiger partial charge on any atom is 0.339 e. The minimum atomic E-state index is -3.88. The Morgan fingerprint density at radius 2 is 2.05 bits per heavy atom. The Labute approximate surface area is 117 Å². The van der Waals surface area contributed by atoms with E-state index in [1.807, 2.05) is 0 Å². The molecule has 0 spiro atoms. The summed E-state index contributed by atoms with van der Waals surface area (Å²) in [6, 6.07) is 2.97. The number of benzene rings is 1. The Bertz CT molecular complexity index is 598. The lowest BCUT2D eigenvalue weighted by atomic mass is 10.2. The van der Waals surface area contributed by atoms with Crippen LogP contribution in [0.25, 0.3) is 0 Å². The van der Waals surface area contributed by atoms with Crippen LogP contribution in [0, 0.1) is 0 Å². The Morgan fingerprint density at radius 3 is 2.50 bits per heavy atom. The number of rotatable bonds is 6. The van der Waals surface area contributed by atoms with Crippen molar-refractivity contribution in [2.45, 2.75) is 17.9 Å². The van der Waals surface area contributed by atoms with Crippen molar-refractivity contribution in [2.75, 3.05) is 20.8 Å². The van der Waals surface area contributed by atoms with Gasteiger partial charge in [-0.15, -0.1) is 0 Å². The number of aliphatic hydroxyl groups is 1. The Morgan fingerprint density at radius 1 is 1.45 bits per heavy atom. The molecule has 0 aliphatic heterocycles. The van der Waals surface area contributed by atoms with E-state index in [0.717, 1.165) is 10.4 Å². The minimum Gasteiger partial charge on any atom is -0.496 e. The van der Waals surface area contributed by atoms with Crippen molar-refractivity contribution in [3.05, 3.63) is 23.8 Å². The predicted octanol–water partition coefficient (Wildman–Crippen LogP) is 0.395. The number of hydrogen-bond donors (Lipinski definition) is 2. The molecule has 7 nitrogen and oxygen atoms in total. The van der Waals surface area contributed by atoms with Crippen LogP contribution < -0.4 is 4.74 Å². The van der Waals surface area contributed by atoms with Crippen molar-refractivity contribution in [1.82, 2.24) is 4.31 Å². The zero-order valence-corrected chi connectivity index (χ0v) is 12.2. The van der Waals surface area contributed by atoms with Crippen LogP contribution in [0.3, 0.4) is 0 Å². The van der Waals surface area contributed by atoms with Gasteiger partial charge in [-0.05, 0) is 25.1 Å². The van der Waals surface area contributed by atoms with E-state index in [1.54, 1.807) is 6.92 Å². The van der Waals surface area contributed by atoms with E-state index in [1.165, 1.54) is 26.3 Å². The molecule has 1 rings (SSSR count). The maximum absolute atomic E-state index is 12.3. The summed E-state index contributed by atoms with van der Waals surface area (Å²) < 4.78 is 30.4. The quantitative estimate of drug-likeness (QED) is 0.788. The van der Waals surface area contributed by atoms with Gasteiger partial charge in [0.15, 0.2) is 0 Å². The van der Waals surface area contributed by atoms with E-state index in [4.69, 9.17) is 14.9 Å². The molecule has 1 aromatic rings. The van der Waals surface area contributed by atoms with Crippen molar-refractivity contribution in [3.63, 3.8) is 0 Å². The normalized spacial score (nSPS) is 13.2. The molecule has 112 valence electrons. The predicted molar refractivity (Wildman–Crippen MR) is 71.4 cm³/mol. The number of sulfonamides is 1. The summed E-state index contributed by atoms with van der Waals surface area (Å²) in [5.41, 5.74) is -0.237. The van der Waals surface area contributed by atoms with Crippen LogP contribution in [0.1, 0.15) is 17.3 Å². The van der Waals surface area contributed by atoms with Crippen LogP contribution in [0.2, 0.25) is 0 Å². The molecule has 0 aliphatic rings. The number of aliphatic hydroxyl groups excluding tert-OH is 1. The van der Waals surface area contributed by atoms with Crippen LogP contribution >= 0.6 is 0 Å². The van der Waals surface area contributed by atoms with Crippen LogP contribution in [0.4, 0.5) is 0 Å². The van der Waals surface area contributed by atoms with Crippen LogP contribution in [-0.4, -0.2) is 55.7 Å². The highest BCUT2D eigenvalue weighted by molar-refractivity contribution is 7.89. The molecule has 0 radical (unpaired) electrons. The number of nitrogens with zero attached hydrogens (tertiary/aromatic N) is 1. The first-order valence-electron chi connectivity index (χ1n) is 5.76. The highest BCUT2D eigenvalue weighted by Gasteiger charge is 2.26. The Kier molecular flexibility index (Phi) is 5.09. The third-order valence-corrected chi connectivity index (χ3v) is 4.93. The summed E-state index contributed by atoms with van der Waals surface area (Å²) in [4.78, 5) is 10.9. The second-order valence-electron chi connectivity index (χ2n) is 4.22. The first kappa shape index (κ1) is 16.4. The summed E-state index contributed by atoms with van der Waals surface area (Å²) in [5.74, 6) is -1.20. The highest BCUT2D eigenvalue weighted by Crippen LogP contribution is 2.24. The maximum atomic E-state index is 12.3. The van der Waals surface area contributed by atoms with Gasteiger partial charge in [0.1, 0.15) is 11.3 Å². The van der Waals surface area contributed by atoms with Gasteiger partial charge < -0.3 is 14.9 Å². The summed E-state index contributed by atoms with van der Waals surface area (Å²) in [6.45, 7) is 1.21. The fourth-order valence-electron chi connectivity index (χ4n) is 1.53. The number of carboxylic acids is 1. The molecule has 0 bridgehead atoms. The summed E-state index contributed by atoms with van der Waals surface area (Å²) >= 11 is 0. The number of carbonyl (C=O) groups is 1. The lowest BCUT2D eigenvalue weighted by Gasteiger charge is -2.22. The van der Waals surface area contributed by atoms with Gasteiger partial charge in [0.2, 0.25) is 10.0 Å². The van der Waals surface area contributed by atoms with E-state index >= 15 is 0 Å². The number of hydrogen-bond acceptors (Lipinski definition) is 5. The number of likely N-dealkylation sites (N-methyl/N-ethyl adjacent to an activating group) is 1. The molecule has 0 aromatic heterocycles. The summed E-state index contributed by atoms with van der Waals surface area (Å²) in [6.07, 6.45) is 0. The van der Waals surface area contributed by atoms with Crippen molar-refractivity contribution in [1.29, 1.82) is 0 Å². The third kappa shape index (κ3) is 3.09. The highest BCUT2D eigenvalue weighted by atomic mass is 32.2. The molecule has 0 fully saturated rings. The average Bonchev–Trinajstić information content (AvgIpc) is 2.44. The molecular formula is C12H17NO6S. The molecule has 0 saturated carbocycles. The van der Waals surface area contributed by atoms with Crippen LogP contribution in [0.5, 0.6) is 5.75 Å². The fourth-order valence-corrected chi connectivity index (χ4v) is 2.91. The third-order valence-electron chi connectivity index (χ3n) is 2.96. The van der Waals surface area contributed by atoms with Crippen LogP contribution in [-0.2, 0) is 10.0 Å². The number of aromatic carboxylic acids is 1. The number of ether oxygens (including phenoxy) is 1. The van der Waals surface area contributed by atoms with Crippen molar-refractivity contribution in [3.8, 4) is 5.75 Å². The molecule has 8 heteroatoms. The Hall–Kier alpha value is -1.64. The minimum absolute atomic E-state index is 0.0781. The molecular weight excluding hydrogens is 286 g/mol. The lowest BCUT2D eigenvalue weighted by molar-refractivity contribution is 0.0693. The van der Waals surface area contributed by atoms with Gasteiger partial charge in [-0.3, -0.25) is 0 Å². The van der Waals surface area contributed by atoms with E-state index in [9.17, 15) is 13.2 Å². The molecule has 20 heavy (non-hydrogen) atoms. The Balaban J connectivity index is 3.33. The molecule has 0 aliphatic carbocycles. The number of carboxylic acid groups (broad SMARTS) is 1. The van der Waals surface area contributed by atoms with Gasteiger partial charge in [0.05, 0.1) is 18.6 Å². The first-order valence-corrected chi connectivity index (χ1v) is 7.20. The second-order valence-corrected chi connectivity index (χ2v) is 6.22. The molecule has 1 unspecified atom stereocenters. The molecule has 1 atom stereocenters. The SMILES string of the molecule is COc1ccc(S(=O)(=O)N(C)C(C)CO)cc1C(=O)O. The van der Waals surface area contributed by atoms with Crippen LogP contribution in [0.15, 0.2) is 23.1 Å². The van der Waals surface area contributed by atoms with Gasteiger partial charge >= 0.3 is 5.97 Å². The van der Waals surface area contributed by atoms with Crippen molar-refractivity contribution in [2.24, 2.45) is 0 Å². The van der Waals surface area contributed by atoms with Gasteiger partial charge in [0, 0.05) is 13.1 Å². The van der Waals surface area contributed by atoms with Gasteiger partial charge in [-0.25, -0.2) is 13.2 Å². The molecule has 0 saturated heterocycles. The summed E-state index contributed by atoms with van der Waals surface area (Å²) in [7, 11) is -1.26. The average molecular weight is 303 g/mol. The molecule has 0 heterocycles. The standard InChI is InChI=1S/C12H17NO6S/c1-8(7-14)13(2)20(17,18)9-4-5-11(19-3)10(6-9)12(15)16/h4-6,8,14H,7H2,1-3H3,(H,15,16). The van der Waals surface area contributed by atoms with Gasteiger partial charge in [0.25, 0.3) is 0 Å². The zero-order valence-electron chi connectivity index (χ0n) is 11.4. The summed E-state index contributed by atoms with van der Waals surface area (Å²) in [5, 5.41) is 18.1. The van der Waals surface area contributed by atoms with Gasteiger partial charge in [-0.2, -0.15) is 4.31 Å². The van der Waals surface area contributed by atoms with Crippen molar-refractivity contribution >= 4 is 16.0 Å². The van der Waals surface area contributed by atoms with E-state index in [-0.39, 0.29) is 22.8 Å². The molecule has 1 aromatic carbocycles. The molecule has 2 N–H and O–H groups in total. The van der Waals surface area contributed by atoms with E-state index in [0.29, 0.717) is 0 Å².